The highest BCUT2D eigenvalue weighted by atomic mass is 16.1. The van der Waals surface area contributed by atoms with E-state index >= 15 is 0 Å². The van der Waals surface area contributed by atoms with Crippen LogP contribution >= 0.6 is 0 Å². The van der Waals surface area contributed by atoms with Crippen LogP contribution in [0.2, 0.25) is 0 Å². The topological polar surface area (TPSA) is 34.9 Å². The van der Waals surface area contributed by atoms with Crippen LogP contribution in [0.4, 0.5) is 0 Å². The van der Waals surface area contributed by atoms with Gasteiger partial charge < -0.3 is 4.57 Å². The van der Waals surface area contributed by atoms with Crippen LogP contribution < -0.4 is 0 Å². The molecule has 2 rings (SSSR count). The van der Waals surface area contributed by atoms with E-state index in [1.54, 1.807) is 0 Å². The van der Waals surface area contributed by atoms with Gasteiger partial charge >= 0.3 is 0 Å². The van der Waals surface area contributed by atoms with Crippen LogP contribution in [-0.4, -0.2) is 15.3 Å². The molecule has 1 aliphatic rings. The van der Waals surface area contributed by atoms with E-state index in [4.69, 9.17) is 0 Å². The quantitative estimate of drug-likeness (QED) is 0.715. The van der Waals surface area contributed by atoms with E-state index in [0.717, 1.165) is 37.9 Å². The molecule has 76 valence electrons. The number of hydrogen-bond donors (Lipinski definition) is 0. The summed E-state index contributed by atoms with van der Waals surface area (Å²) >= 11 is 0. The average molecular weight is 192 g/mol. The lowest BCUT2D eigenvalue weighted by atomic mass is 9.86. The number of Topliss-reactive ketones (excluding diaryl/α,β-unsaturated/α-hetero) is 1. The highest BCUT2D eigenvalue weighted by molar-refractivity contribution is 5.79. The van der Waals surface area contributed by atoms with Crippen molar-refractivity contribution in [3.63, 3.8) is 0 Å². The Kier molecular flexibility index (Phi) is 2.66. The van der Waals surface area contributed by atoms with Crippen molar-refractivity contribution in [1.82, 2.24) is 9.55 Å². The van der Waals surface area contributed by atoms with Gasteiger partial charge in [-0.15, -0.1) is 0 Å². The van der Waals surface area contributed by atoms with Crippen LogP contribution in [0.1, 0.15) is 31.5 Å². The summed E-state index contributed by atoms with van der Waals surface area (Å²) in [5.41, 5.74) is 0. The minimum atomic E-state index is 0.432. The van der Waals surface area contributed by atoms with Crippen molar-refractivity contribution < 1.29 is 4.79 Å². The van der Waals surface area contributed by atoms with Gasteiger partial charge in [0.2, 0.25) is 0 Å². The zero-order valence-corrected chi connectivity index (χ0v) is 8.57. The molecule has 0 aliphatic heterocycles. The monoisotopic (exact) mass is 192 g/mol. The van der Waals surface area contributed by atoms with Crippen molar-refractivity contribution in [3.05, 3.63) is 18.2 Å². The Morgan fingerprint density at radius 1 is 1.50 bits per heavy atom. The molecule has 0 spiro atoms. The van der Waals surface area contributed by atoms with Crippen LogP contribution in [0.25, 0.3) is 0 Å². The third-order valence-corrected chi connectivity index (χ3v) is 3.06. The minimum absolute atomic E-state index is 0.432. The maximum atomic E-state index is 11.1. The highest BCUT2D eigenvalue weighted by Gasteiger charge is 2.19. The number of rotatable bonds is 2. The van der Waals surface area contributed by atoms with Gasteiger partial charge in [-0.1, -0.05) is 0 Å². The fourth-order valence-electron chi connectivity index (χ4n) is 2.06. The van der Waals surface area contributed by atoms with E-state index < -0.39 is 0 Å². The number of imidazole rings is 1. The largest absolute Gasteiger partial charge is 0.338 e. The lowest BCUT2D eigenvalue weighted by Crippen LogP contribution is -2.17. The predicted molar refractivity (Wildman–Crippen MR) is 53.9 cm³/mol. The molecule has 1 heterocycles. The molecule has 0 bridgehead atoms. The summed E-state index contributed by atoms with van der Waals surface area (Å²) in [5, 5.41) is 0. The summed E-state index contributed by atoms with van der Waals surface area (Å²) in [6, 6.07) is 0. The first kappa shape index (κ1) is 9.44. The number of ketones is 1. The van der Waals surface area contributed by atoms with Crippen molar-refractivity contribution in [2.75, 3.05) is 0 Å². The summed E-state index contributed by atoms with van der Waals surface area (Å²) in [6.07, 6.45) is 8.48. The van der Waals surface area contributed by atoms with E-state index in [0.29, 0.717) is 11.7 Å². The number of aromatic nitrogens is 2. The van der Waals surface area contributed by atoms with E-state index in [1.165, 1.54) is 0 Å². The van der Waals surface area contributed by atoms with Crippen LogP contribution in [0.5, 0.6) is 0 Å². The molecule has 0 saturated heterocycles. The average Bonchev–Trinajstić information content (AvgIpc) is 2.56. The summed E-state index contributed by atoms with van der Waals surface area (Å²) in [4.78, 5) is 15.4. The lowest BCUT2D eigenvalue weighted by molar-refractivity contribution is -0.121. The molecular formula is C11H16N2O. The Morgan fingerprint density at radius 2 is 2.21 bits per heavy atom. The molecule has 0 amide bonds. The highest BCUT2D eigenvalue weighted by Crippen LogP contribution is 2.24. The van der Waals surface area contributed by atoms with Crippen LogP contribution in [0.15, 0.2) is 12.4 Å². The second-order valence-corrected chi connectivity index (χ2v) is 4.14. The number of carbonyl (C=O) groups excluding carboxylic acids is 1. The molecular weight excluding hydrogens is 176 g/mol. The third kappa shape index (κ3) is 2.03. The standard InChI is InChI=1S/C11H16N2O/c1-13-7-6-12-11(13)8-9-2-4-10(14)5-3-9/h6-7,9H,2-5,8H2,1H3. The van der Waals surface area contributed by atoms with E-state index in [2.05, 4.69) is 9.55 Å². The SMILES string of the molecule is Cn1ccnc1CC1CCC(=O)CC1. The van der Waals surface area contributed by atoms with Crippen LogP contribution in [0, 0.1) is 5.92 Å². The van der Waals surface area contributed by atoms with Gasteiger partial charge in [0, 0.05) is 38.7 Å². The van der Waals surface area contributed by atoms with Crippen molar-refractivity contribution in [2.24, 2.45) is 13.0 Å². The summed E-state index contributed by atoms with van der Waals surface area (Å²) in [6.45, 7) is 0. The van der Waals surface area contributed by atoms with Gasteiger partial charge in [-0.25, -0.2) is 4.98 Å². The first-order valence-corrected chi connectivity index (χ1v) is 5.23. The zero-order chi connectivity index (χ0) is 9.97. The van der Waals surface area contributed by atoms with E-state index in [-0.39, 0.29) is 0 Å². The Morgan fingerprint density at radius 3 is 2.79 bits per heavy atom. The van der Waals surface area contributed by atoms with Crippen molar-refractivity contribution in [1.29, 1.82) is 0 Å². The van der Waals surface area contributed by atoms with Gasteiger partial charge in [0.05, 0.1) is 0 Å². The van der Waals surface area contributed by atoms with Gasteiger partial charge in [-0.2, -0.15) is 0 Å². The molecule has 3 nitrogen and oxygen atoms in total. The Bertz CT molecular complexity index is 320. The van der Waals surface area contributed by atoms with Crippen LogP contribution in [0.3, 0.4) is 0 Å². The zero-order valence-electron chi connectivity index (χ0n) is 8.57. The van der Waals surface area contributed by atoms with Gasteiger partial charge in [-0.3, -0.25) is 4.79 Å². The number of nitrogens with zero attached hydrogens (tertiary/aromatic N) is 2. The predicted octanol–water partition coefficient (Wildman–Crippen LogP) is 1.72. The maximum Gasteiger partial charge on any atom is 0.132 e. The number of hydrogen-bond acceptors (Lipinski definition) is 2. The summed E-state index contributed by atoms with van der Waals surface area (Å²) < 4.78 is 2.07. The van der Waals surface area contributed by atoms with E-state index in [9.17, 15) is 4.79 Å². The first-order valence-electron chi connectivity index (χ1n) is 5.23. The number of carbonyl (C=O) groups is 1. The maximum absolute atomic E-state index is 11.1. The molecule has 14 heavy (non-hydrogen) atoms. The Labute approximate surface area is 84.1 Å². The molecule has 1 fully saturated rings. The molecule has 1 aromatic rings. The van der Waals surface area contributed by atoms with Crippen molar-refractivity contribution >= 4 is 5.78 Å². The van der Waals surface area contributed by atoms with Crippen molar-refractivity contribution in [3.8, 4) is 0 Å². The van der Waals surface area contributed by atoms with Gasteiger partial charge in [0.15, 0.2) is 0 Å². The van der Waals surface area contributed by atoms with Crippen LogP contribution in [-0.2, 0) is 18.3 Å². The molecule has 3 heteroatoms. The summed E-state index contributed by atoms with van der Waals surface area (Å²) in [5.74, 6) is 2.24. The fourth-order valence-corrected chi connectivity index (χ4v) is 2.06. The smallest absolute Gasteiger partial charge is 0.132 e. The minimum Gasteiger partial charge on any atom is -0.338 e. The molecule has 1 aliphatic carbocycles. The fraction of sp³-hybridized carbons (Fsp3) is 0.636. The molecule has 0 aromatic carbocycles. The molecule has 0 radical (unpaired) electrons. The molecule has 0 atom stereocenters. The molecule has 1 aromatic heterocycles. The molecule has 0 N–H and O–H groups in total. The lowest BCUT2D eigenvalue weighted by Gasteiger charge is -2.20. The number of aryl methyl sites for hydroxylation is 1. The first-order chi connectivity index (χ1) is 6.75. The second kappa shape index (κ2) is 3.95. The normalized spacial score (nSPS) is 18.8. The molecule has 0 unspecified atom stereocenters. The van der Waals surface area contributed by atoms with Gasteiger partial charge in [-0.05, 0) is 18.8 Å². The van der Waals surface area contributed by atoms with Gasteiger partial charge in [0.1, 0.15) is 11.6 Å². The third-order valence-electron chi connectivity index (χ3n) is 3.06. The van der Waals surface area contributed by atoms with Crippen molar-refractivity contribution in [2.45, 2.75) is 32.1 Å². The molecule has 1 saturated carbocycles. The Hall–Kier alpha value is -1.12. The second-order valence-electron chi connectivity index (χ2n) is 4.14. The van der Waals surface area contributed by atoms with E-state index in [1.807, 2.05) is 19.4 Å². The Balaban J connectivity index is 1.92. The van der Waals surface area contributed by atoms with Gasteiger partial charge in [0.25, 0.3) is 0 Å². The summed E-state index contributed by atoms with van der Waals surface area (Å²) in [7, 11) is 2.02.